The Kier molecular flexibility index (Phi) is 2.52. The number of pyridine rings is 1. The first-order valence-electron chi connectivity index (χ1n) is 5.94. The minimum absolute atomic E-state index is 0.383. The highest BCUT2D eigenvalue weighted by Crippen LogP contribution is 2.24. The average molecular weight is 221 g/mol. The predicted molar refractivity (Wildman–Crippen MR) is 61.0 cm³/mol. The quantitative estimate of drug-likeness (QED) is 0.670. The van der Waals surface area contributed by atoms with E-state index in [0.29, 0.717) is 6.04 Å². The molecule has 16 heavy (non-hydrogen) atoms. The first kappa shape index (κ1) is 10.0. The zero-order valence-corrected chi connectivity index (χ0v) is 9.27. The molecule has 86 valence electrons. The van der Waals surface area contributed by atoms with Crippen molar-refractivity contribution in [2.75, 3.05) is 31.1 Å². The van der Waals surface area contributed by atoms with Crippen molar-refractivity contribution >= 4 is 5.82 Å². The lowest BCUT2D eigenvalue weighted by Gasteiger charge is -2.38. The van der Waals surface area contributed by atoms with Crippen molar-refractivity contribution in [2.45, 2.75) is 18.9 Å². The van der Waals surface area contributed by atoms with Crippen molar-refractivity contribution in [1.82, 2.24) is 9.88 Å². The Morgan fingerprint density at radius 1 is 1.25 bits per heavy atom. The molecule has 2 fully saturated rings. The number of nitrogens with zero attached hydrogens (tertiary/aromatic N) is 3. The van der Waals surface area contributed by atoms with Gasteiger partial charge in [0.25, 0.3) is 0 Å². The minimum atomic E-state index is -0.383. The van der Waals surface area contributed by atoms with Crippen LogP contribution in [0.1, 0.15) is 12.8 Å². The summed E-state index contributed by atoms with van der Waals surface area (Å²) in [6, 6.07) is 5.68. The molecule has 0 N–H and O–H groups in total. The molecule has 2 aliphatic rings. The van der Waals surface area contributed by atoms with Crippen molar-refractivity contribution in [1.29, 1.82) is 0 Å². The summed E-state index contributed by atoms with van der Waals surface area (Å²) in [5, 5.41) is 0. The third-order valence-electron chi connectivity index (χ3n) is 3.61. The molecule has 1 atom stereocenters. The second kappa shape index (κ2) is 4.01. The van der Waals surface area contributed by atoms with E-state index in [2.05, 4.69) is 14.8 Å². The molecular formula is C12H16FN3. The lowest BCUT2D eigenvalue weighted by Crippen LogP contribution is -2.50. The molecule has 1 aromatic rings. The van der Waals surface area contributed by atoms with Crippen LogP contribution in [0.4, 0.5) is 10.2 Å². The monoisotopic (exact) mass is 221 g/mol. The van der Waals surface area contributed by atoms with Crippen LogP contribution < -0.4 is 4.90 Å². The third kappa shape index (κ3) is 1.78. The Bertz CT molecular complexity index is 382. The molecular weight excluding hydrogens is 205 g/mol. The molecule has 3 rings (SSSR count). The summed E-state index contributed by atoms with van der Waals surface area (Å²) in [5.74, 6) is 0.401. The number of anilines is 1. The Hall–Kier alpha value is -1.16. The Morgan fingerprint density at radius 3 is 3.06 bits per heavy atom. The summed E-state index contributed by atoms with van der Waals surface area (Å²) in [6.45, 7) is 4.28. The summed E-state index contributed by atoms with van der Waals surface area (Å²) < 4.78 is 13.0. The molecule has 0 spiro atoms. The number of hydrogen-bond donors (Lipinski definition) is 0. The van der Waals surface area contributed by atoms with E-state index in [1.165, 1.54) is 25.5 Å². The molecule has 4 heteroatoms. The molecule has 0 amide bonds. The summed E-state index contributed by atoms with van der Waals surface area (Å²) in [6.07, 6.45) is 2.57. The van der Waals surface area contributed by atoms with Gasteiger partial charge in [0, 0.05) is 25.7 Å². The van der Waals surface area contributed by atoms with Crippen LogP contribution in [-0.4, -0.2) is 42.1 Å². The van der Waals surface area contributed by atoms with E-state index in [1.807, 2.05) is 6.07 Å². The van der Waals surface area contributed by atoms with E-state index in [4.69, 9.17) is 0 Å². The lowest BCUT2D eigenvalue weighted by atomic mass is 10.1. The summed E-state index contributed by atoms with van der Waals surface area (Å²) >= 11 is 0. The van der Waals surface area contributed by atoms with Crippen molar-refractivity contribution in [3.63, 3.8) is 0 Å². The van der Waals surface area contributed by atoms with Crippen molar-refractivity contribution in [2.24, 2.45) is 0 Å². The molecule has 2 saturated heterocycles. The van der Waals surface area contributed by atoms with E-state index in [1.54, 1.807) is 6.07 Å². The molecule has 0 saturated carbocycles. The first-order chi connectivity index (χ1) is 7.83. The topological polar surface area (TPSA) is 19.4 Å². The highest BCUT2D eigenvalue weighted by Gasteiger charge is 2.30. The minimum Gasteiger partial charge on any atom is -0.354 e. The fourth-order valence-electron chi connectivity index (χ4n) is 2.77. The van der Waals surface area contributed by atoms with Gasteiger partial charge < -0.3 is 4.90 Å². The summed E-state index contributed by atoms with van der Waals surface area (Å²) in [4.78, 5) is 8.69. The van der Waals surface area contributed by atoms with Crippen molar-refractivity contribution < 1.29 is 4.39 Å². The Balaban J connectivity index is 1.76. The Morgan fingerprint density at radius 2 is 2.19 bits per heavy atom. The molecule has 3 nitrogen and oxygen atoms in total. The smallest absolute Gasteiger partial charge is 0.214 e. The van der Waals surface area contributed by atoms with Gasteiger partial charge in [-0.05, 0) is 31.5 Å². The van der Waals surface area contributed by atoms with Crippen LogP contribution in [0.2, 0.25) is 0 Å². The van der Waals surface area contributed by atoms with Crippen molar-refractivity contribution in [3.05, 3.63) is 24.1 Å². The molecule has 3 heterocycles. The van der Waals surface area contributed by atoms with Gasteiger partial charge in [0.2, 0.25) is 5.95 Å². The maximum Gasteiger partial charge on any atom is 0.214 e. The van der Waals surface area contributed by atoms with E-state index in [-0.39, 0.29) is 5.95 Å². The Labute approximate surface area is 94.9 Å². The maximum absolute atomic E-state index is 13.0. The number of piperazine rings is 1. The van der Waals surface area contributed by atoms with Crippen LogP contribution in [0, 0.1) is 5.95 Å². The van der Waals surface area contributed by atoms with Gasteiger partial charge in [-0.15, -0.1) is 0 Å². The molecule has 0 aliphatic carbocycles. The SMILES string of the molecule is Fc1cccc(N2CCN3CCCC3C2)n1. The van der Waals surface area contributed by atoms with Gasteiger partial charge in [0.15, 0.2) is 0 Å². The van der Waals surface area contributed by atoms with Gasteiger partial charge in [0.05, 0.1) is 0 Å². The first-order valence-corrected chi connectivity index (χ1v) is 5.94. The number of aromatic nitrogens is 1. The molecule has 2 aliphatic heterocycles. The van der Waals surface area contributed by atoms with E-state index < -0.39 is 0 Å². The van der Waals surface area contributed by atoms with Gasteiger partial charge in [0.1, 0.15) is 5.82 Å². The highest BCUT2D eigenvalue weighted by atomic mass is 19.1. The van der Waals surface area contributed by atoms with Gasteiger partial charge in [-0.2, -0.15) is 4.39 Å². The number of fused-ring (bicyclic) bond motifs is 1. The second-order valence-electron chi connectivity index (χ2n) is 4.60. The molecule has 0 radical (unpaired) electrons. The fourth-order valence-corrected chi connectivity index (χ4v) is 2.77. The van der Waals surface area contributed by atoms with Gasteiger partial charge in [-0.25, -0.2) is 4.98 Å². The zero-order chi connectivity index (χ0) is 11.0. The van der Waals surface area contributed by atoms with Crippen LogP contribution in [0.25, 0.3) is 0 Å². The molecule has 1 unspecified atom stereocenters. The summed E-state index contributed by atoms with van der Waals surface area (Å²) in [5.41, 5.74) is 0. The highest BCUT2D eigenvalue weighted by molar-refractivity contribution is 5.39. The fraction of sp³-hybridized carbons (Fsp3) is 0.583. The number of rotatable bonds is 1. The lowest BCUT2D eigenvalue weighted by molar-refractivity contribution is 0.230. The van der Waals surface area contributed by atoms with E-state index in [0.717, 1.165) is 25.5 Å². The van der Waals surface area contributed by atoms with E-state index in [9.17, 15) is 4.39 Å². The van der Waals surface area contributed by atoms with E-state index >= 15 is 0 Å². The van der Waals surface area contributed by atoms with Crippen molar-refractivity contribution in [3.8, 4) is 0 Å². The van der Waals surface area contributed by atoms with Gasteiger partial charge in [-0.1, -0.05) is 6.07 Å². The van der Waals surface area contributed by atoms with Crippen LogP contribution in [-0.2, 0) is 0 Å². The third-order valence-corrected chi connectivity index (χ3v) is 3.61. The average Bonchev–Trinajstić information content (AvgIpc) is 2.75. The van der Waals surface area contributed by atoms with Crippen LogP contribution >= 0.6 is 0 Å². The maximum atomic E-state index is 13.0. The van der Waals surface area contributed by atoms with Gasteiger partial charge in [-0.3, -0.25) is 4.90 Å². The van der Waals surface area contributed by atoms with Crippen LogP contribution in [0.5, 0.6) is 0 Å². The van der Waals surface area contributed by atoms with Crippen LogP contribution in [0.15, 0.2) is 18.2 Å². The predicted octanol–water partition coefficient (Wildman–Crippen LogP) is 1.51. The van der Waals surface area contributed by atoms with Crippen LogP contribution in [0.3, 0.4) is 0 Å². The molecule has 0 aromatic carbocycles. The normalized spacial score (nSPS) is 25.8. The summed E-state index contributed by atoms with van der Waals surface area (Å²) in [7, 11) is 0. The molecule has 0 bridgehead atoms. The number of halogens is 1. The number of hydrogen-bond acceptors (Lipinski definition) is 3. The molecule has 1 aromatic heterocycles. The zero-order valence-electron chi connectivity index (χ0n) is 9.27. The largest absolute Gasteiger partial charge is 0.354 e. The second-order valence-corrected chi connectivity index (χ2v) is 4.60. The standard InChI is InChI=1S/C12H16FN3/c13-11-4-1-5-12(14-11)16-8-7-15-6-2-3-10(15)9-16/h1,4-5,10H,2-3,6-9H2. The van der Waals surface area contributed by atoms with Gasteiger partial charge >= 0.3 is 0 Å².